The van der Waals surface area contributed by atoms with E-state index in [9.17, 15) is 4.79 Å². The van der Waals surface area contributed by atoms with E-state index < -0.39 is 5.41 Å². The molecule has 2 N–H and O–H groups in total. The highest BCUT2D eigenvalue weighted by atomic mass is 32.1. The molecular weight excluding hydrogens is 520 g/mol. The monoisotopic (exact) mass is 554 g/mol. The van der Waals surface area contributed by atoms with E-state index in [1.807, 2.05) is 69.4 Å². The second kappa shape index (κ2) is 10.7. The van der Waals surface area contributed by atoms with E-state index in [4.69, 9.17) is 17.0 Å². The normalized spacial score (nSPS) is 17.1. The Hall–Kier alpha value is -4.24. The van der Waals surface area contributed by atoms with Crippen LogP contribution in [0.25, 0.3) is 5.69 Å². The van der Waals surface area contributed by atoms with E-state index in [0.29, 0.717) is 16.5 Å². The van der Waals surface area contributed by atoms with E-state index in [0.717, 1.165) is 34.0 Å². The second-order valence-corrected chi connectivity index (χ2v) is 11.3. The van der Waals surface area contributed by atoms with Crippen molar-refractivity contribution in [3.63, 3.8) is 0 Å². The lowest BCUT2D eigenvalue weighted by Crippen LogP contribution is -2.30. The second-order valence-electron chi connectivity index (χ2n) is 11.0. The number of amides is 1. The molecule has 0 saturated carbocycles. The minimum absolute atomic E-state index is 0.0900. The summed E-state index contributed by atoms with van der Waals surface area (Å²) in [6.07, 6.45) is 5.44. The minimum Gasteiger partial charge on any atom is -0.494 e. The number of hydrogen-bond acceptors (Lipinski definition) is 5. The average molecular weight is 555 g/mol. The topological polar surface area (TPSA) is 84.3 Å². The summed E-state index contributed by atoms with van der Waals surface area (Å²) in [4.78, 5) is 23.8. The minimum atomic E-state index is -0.540. The zero-order valence-corrected chi connectivity index (χ0v) is 24.4. The number of methoxy groups -OCH3 is 1. The molecule has 1 aromatic carbocycles. The lowest BCUT2D eigenvalue weighted by Gasteiger charge is -2.29. The van der Waals surface area contributed by atoms with Gasteiger partial charge in [0, 0.05) is 41.0 Å². The first-order valence-corrected chi connectivity index (χ1v) is 13.6. The first-order valence-electron chi connectivity index (χ1n) is 13.2. The summed E-state index contributed by atoms with van der Waals surface area (Å²) in [5, 5.41) is 7.11. The number of anilines is 2. The van der Waals surface area contributed by atoms with Gasteiger partial charge in [-0.25, -0.2) is 0 Å². The molecule has 5 rings (SSSR count). The first kappa shape index (κ1) is 27.3. The predicted octanol–water partition coefficient (Wildman–Crippen LogP) is 6.05. The summed E-state index contributed by atoms with van der Waals surface area (Å²) in [6, 6.07) is 17.5. The number of rotatable bonds is 6. The van der Waals surface area contributed by atoms with Crippen molar-refractivity contribution in [3.05, 3.63) is 95.8 Å². The highest BCUT2D eigenvalue weighted by Crippen LogP contribution is 2.45. The lowest BCUT2D eigenvalue weighted by atomic mass is 9.95. The molecule has 2 atom stereocenters. The molecule has 1 aliphatic rings. The molecule has 8 nitrogen and oxygen atoms in total. The Bertz CT molecular complexity index is 1550. The Balaban J connectivity index is 1.62. The molecule has 9 heteroatoms. The van der Waals surface area contributed by atoms with Gasteiger partial charge in [0.05, 0.1) is 42.5 Å². The molecule has 206 valence electrons. The van der Waals surface area contributed by atoms with E-state index in [2.05, 4.69) is 56.0 Å². The van der Waals surface area contributed by atoms with Crippen LogP contribution < -0.4 is 20.3 Å². The van der Waals surface area contributed by atoms with Gasteiger partial charge in [0.25, 0.3) is 0 Å². The molecule has 0 radical (unpaired) electrons. The number of pyridine rings is 2. The predicted molar refractivity (Wildman–Crippen MR) is 162 cm³/mol. The zero-order chi connectivity index (χ0) is 28.6. The molecule has 0 bridgehead atoms. The highest BCUT2D eigenvalue weighted by molar-refractivity contribution is 7.80. The quantitative estimate of drug-likeness (QED) is 0.281. The van der Waals surface area contributed by atoms with E-state index >= 15 is 0 Å². The fraction of sp³-hybridized carbons (Fsp3) is 0.290. The maximum atomic E-state index is 12.7. The summed E-state index contributed by atoms with van der Waals surface area (Å²) >= 11 is 5.94. The zero-order valence-electron chi connectivity index (χ0n) is 23.6. The van der Waals surface area contributed by atoms with Crippen molar-refractivity contribution in [1.29, 1.82) is 0 Å². The number of nitrogens with one attached hydrogen (secondary N) is 2. The van der Waals surface area contributed by atoms with Crippen LogP contribution >= 0.6 is 12.2 Å². The van der Waals surface area contributed by atoms with Gasteiger partial charge < -0.3 is 24.8 Å². The molecule has 1 fully saturated rings. The van der Waals surface area contributed by atoms with E-state index in [1.54, 1.807) is 19.5 Å². The van der Waals surface area contributed by atoms with Gasteiger partial charge in [0.1, 0.15) is 5.75 Å². The van der Waals surface area contributed by atoms with Gasteiger partial charge in [-0.05, 0) is 74.1 Å². The molecule has 1 aliphatic heterocycles. The highest BCUT2D eigenvalue weighted by Gasteiger charge is 2.42. The molecule has 4 aromatic rings. The maximum absolute atomic E-state index is 12.7. The molecule has 0 unspecified atom stereocenters. The van der Waals surface area contributed by atoms with Crippen molar-refractivity contribution in [2.24, 2.45) is 5.41 Å². The third-order valence-corrected chi connectivity index (χ3v) is 7.50. The van der Waals surface area contributed by atoms with Crippen LogP contribution in [-0.2, 0) is 4.79 Å². The van der Waals surface area contributed by atoms with E-state index in [-0.39, 0.29) is 18.0 Å². The van der Waals surface area contributed by atoms with Crippen LogP contribution in [0, 0.1) is 19.3 Å². The number of benzene rings is 1. The van der Waals surface area contributed by atoms with Crippen LogP contribution in [0.3, 0.4) is 0 Å². The molecule has 1 amide bonds. The van der Waals surface area contributed by atoms with Crippen molar-refractivity contribution >= 4 is 34.6 Å². The molecule has 40 heavy (non-hydrogen) atoms. The first-order chi connectivity index (χ1) is 19.1. The summed E-state index contributed by atoms with van der Waals surface area (Å²) in [7, 11) is 1.60. The smallest absolute Gasteiger partial charge is 0.229 e. The van der Waals surface area contributed by atoms with Crippen LogP contribution in [0.1, 0.15) is 55.5 Å². The number of aryl methyl sites for hydroxylation is 1. The molecule has 3 aromatic heterocycles. The van der Waals surface area contributed by atoms with Gasteiger partial charge in [-0.2, -0.15) is 0 Å². The van der Waals surface area contributed by atoms with Gasteiger partial charge in [0.15, 0.2) is 5.11 Å². The number of nitrogens with zero attached hydrogens (tertiary/aromatic N) is 4. The van der Waals surface area contributed by atoms with Crippen molar-refractivity contribution < 1.29 is 9.53 Å². The Morgan fingerprint density at radius 3 is 2.50 bits per heavy atom. The van der Waals surface area contributed by atoms with E-state index in [1.165, 1.54) is 0 Å². The number of carbonyl (C=O) groups is 1. The van der Waals surface area contributed by atoms with Gasteiger partial charge >= 0.3 is 0 Å². The van der Waals surface area contributed by atoms with Gasteiger partial charge in [-0.15, -0.1) is 0 Å². The SMILES string of the molecule is COc1cc(N2C(=S)N[C@@H](c3ccccn3)[C@H]2c2cc(C)n(-c3cccnc3)c2C)ccc1NC(=O)C(C)(C)C. The number of aromatic nitrogens is 3. The van der Waals surface area contributed by atoms with Gasteiger partial charge in [-0.3, -0.25) is 14.8 Å². The summed E-state index contributed by atoms with van der Waals surface area (Å²) in [5.41, 5.74) is 6.11. The van der Waals surface area contributed by atoms with Crippen LogP contribution in [0.4, 0.5) is 11.4 Å². The Kier molecular flexibility index (Phi) is 7.33. The Morgan fingerprint density at radius 2 is 1.85 bits per heavy atom. The number of hydrogen-bond donors (Lipinski definition) is 2. The summed E-state index contributed by atoms with van der Waals surface area (Å²) < 4.78 is 7.93. The maximum Gasteiger partial charge on any atom is 0.229 e. The van der Waals surface area contributed by atoms with Crippen molar-refractivity contribution in [2.45, 2.75) is 46.7 Å². The van der Waals surface area contributed by atoms with Gasteiger partial charge in [-0.1, -0.05) is 26.8 Å². The molecule has 0 aliphatic carbocycles. The number of ether oxygens (including phenoxy) is 1. The molecule has 0 spiro atoms. The molecular formula is C31H34N6O2S. The lowest BCUT2D eigenvalue weighted by molar-refractivity contribution is -0.123. The van der Waals surface area contributed by atoms with Gasteiger partial charge in [0.2, 0.25) is 5.91 Å². The molecule has 4 heterocycles. The average Bonchev–Trinajstić information content (AvgIpc) is 3.44. The third-order valence-electron chi connectivity index (χ3n) is 7.18. The van der Waals surface area contributed by atoms with Crippen LogP contribution in [0.5, 0.6) is 5.75 Å². The Morgan fingerprint density at radius 1 is 1.05 bits per heavy atom. The largest absolute Gasteiger partial charge is 0.494 e. The summed E-state index contributed by atoms with van der Waals surface area (Å²) in [6.45, 7) is 9.85. The number of carbonyl (C=O) groups excluding carboxylic acids is 1. The van der Waals surface area contributed by atoms with Crippen LogP contribution in [0.2, 0.25) is 0 Å². The van der Waals surface area contributed by atoms with Crippen molar-refractivity contribution in [1.82, 2.24) is 19.9 Å². The van der Waals surface area contributed by atoms with Crippen molar-refractivity contribution in [2.75, 3.05) is 17.3 Å². The third kappa shape index (κ3) is 5.04. The Labute approximate surface area is 240 Å². The fourth-order valence-corrected chi connectivity index (χ4v) is 5.51. The molecule has 1 saturated heterocycles. The van der Waals surface area contributed by atoms with Crippen molar-refractivity contribution in [3.8, 4) is 11.4 Å². The van der Waals surface area contributed by atoms with Crippen LogP contribution in [0.15, 0.2) is 73.2 Å². The number of thiocarbonyl (C=S) groups is 1. The fourth-order valence-electron chi connectivity index (χ4n) is 5.16. The van der Waals surface area contributed by atoms with Crippen LogP contribution in [-0.4, -0.2) is 32.7 Å². The standard InChI is InChI=1S/C31H34N6O2S/c1-19-16-23(20(2)36(19)22-10-9-14-32-18-22)28-27(25-11-7-8-15-33-25)35-30(40)37(28)21-12-13-24(26(17-21)39-6)34-29(38)31(3,4)5/h7-18,27-28H,1-6H3,(H,34,38)(H,35,40)/t27-,28+/m0/s1. The summed E-state index contributed by atoms with van der Waals surface area (Å²) in [5.74, 6) is 0.464.